The maximum atomic E-state index is 13.2. The van der Waals surface area contributed by atoms with Crippen LogP contribution in [0.3, 0.4) is 0 Å². The van der Waals surface area contributed by atoms with Gasteiger partial charge in [0.25, 0.3) is 5.91 Å². The maximum Gasteiger partial charge on any atom is 0.410 e. The Balaban J connectivity index is 1.25. The van der Waals surface area contributed by atoms with Crippen LogP contribution in [0.5, 0.6) is 0 Å². The molecule has 0 saturated heterocycles. The van der Waals surface area contributed by atoms with Crippen molar-refractivity contribution in [3.8, 4) is 11.3 Å². The smallest absolute Gasteiger partial charge is 0.383 e. The fourth-order valence-corrected chi connectivity index (χ4v) is 5.60. The first kappa shape index (κ1) is 26.8. The highest BCUT2D eigenvalue weighted by molar-refractivity contribution is 6.03. The van der Waals surface area contributed by atoms with E-state index in [1.165, 1.54) is 18.2 Å². The Morgan fingerprint density at radius 1 is 1.08 bits per heavy atom. The van der Waals surface area contributed by atoms with Gasteiger partial charge in [-0.3, -0.25) is 9.59 Å². The number of alkyl halides is 6. The van der Waals surface area contributed by atoms with Crippen LogP contribution < -0.4 is 11.5 Å². The lowest BCUT2D eigenvalue weighted by Crippen LogP contribution is -2.70. The molecule has 2 bridgehead atoms. The van der Waals surface area contributed by atoms with Crippen LogP contribution in [0.1, 0.15) is 59.6 Å². The summed E-state index contributed by atoms with van der Waals surface area (Å²) < 4.78 is 84.7. The van der Waals surface area contributed by atoms with E-state index in [2.05, 4.69) is 10.3 Å². The van der Waals surface area contributed by atoms with E-state index >= 15 is 0 Å². The molecule has 3 aliphatic rings. The number of nitrogens with zero attached hydrogens (tertiary/aromatic N) is 3. The zero-order valence-corrected chi connectivity index (χ0v) is 20.5. The average Bonchev–Trinajstić information content (AvgIpc) is 3.34. The average molecular weight is 555 g/mol. The van der Waals surface area contributed by atoms with Gasteiger partial charge in [0, 0.05) is 23.5 Å². The minimum absolute atomic E-state index is 0.0216. The lowest BCUT2D eigenvalue weighted by atomic mass is 9.34. The summed E-state index contributed by atoms with van der Waals surface area (Å²) in [5, 5.41) is 7.79. The molecular weight excluding hydrogens is 532 g/mol. The van der Waals surface area contributed by atoms with E-state index in [1.54, 1.807) is 12.1 Å². The molecule has 0 radical (unpaired) electrons. The Morgan fingerprint density at radius 3 is 2.23 bits per heavy atom. The number of primary amides is 1. The largest absolute Gasteiger partial charge is 0.410 e. The maximum absolute atomic E-state index is 13.2. The second-order valence-electron chi connectivity index (χ2n) is 10.5. The quantitative estimate of drug-likeness (QED) is 0.388. The fourth-order valence-electron chi connectivity index (χ4n) is 5.60. The number of hydrogen-bond donors (Lipinski definition) is 2. The highest BCUT2D eigenvalue weighted by Gasteiger charge is 2.79. The van der Waals surface area contributed by atoms with E-state index in [1.807, 2.05) is 0 Å². The monoisotopic (exact) mass is 555 g/mol. The lowest BCUT2D eigenvalue weighted by Gasteiger charge is -2.69. The third kappa shape index (κ3) is 4.35. The van der Waals surface area contributed by atoms with Gasteiger partial charge in [-0.15, -0.1) is 0 Å². The molecule has 6 rings (SSSR count). The number of amides is 1. The van der Waals surface area contributed by atoms with E-state index in [0.29, 0.717) is 15.9 Å². The molecule has 208 valence electrons. The van der Waals surface area contributed by atoms with Gasteiger partial charge in [-0.25, -0.2) is 4.68 Å². The molecule has 0 aliphatic heterocycles. The van der Waals surface area contributed by atoms with Crippen LogP contribution in [0.4, 0.5) is 32.2 Å². The molecule has 3 aromatic rings. The number of hydrogen-bond acceptors (Lipinski definition) is 6. The molecular formula is C25H23F6N5O3. The molecule has 14 heteroatoms. The van der Waals surface area contributed by atoms with Gasteiger partial charge in [0.2, 0.25) is 0 Å². The Bertz CT molecular complexity index is 1430. The number of aromatic nitrogens is 3. The SMILES string of the molecule is CC(n1nc(-c2ccc(CC(=O)Cc3cc(C45CC(C(F)(F)F)(C4)C5)no3)cc2)c(C(N)=O)c1N)C(F)(F)F. The molecule has 39 heavy (non-hydrogen) atoms. The van der Waals surface area contributed by atoms with Gasteiger partial charge in [-0.2, -0.15) is 31.4 Å². The number of nitrogen functional groups attached to an aromatic ring is 1. The molecule has 1 amide bonds. The van der Waals surface area contributed by atoms with Crippen molar-refractivity contribution >= 4 is 17.5 Å². The van der Waals surface area contributed by atoms with Gasteiger partial charge < -0.3 is 16.0 Å². The molecule has 1 atom stereocenters. The van der Waals surface area contributed by atoms with Crippen molar-refractivity contribution in [2.75, 3.05) is 5.73 Å². The van der Waals surface area contributed by atoms with E-state index in [4.69, 9.17) is 16.0 Å². The van der Waals surface area contributed by atoms with Crippen molar-refractivity contribution in [3.63, 3.8) is 0 Å². The Hall–Kier alpha value is -3.84. The lowest BCUT2D eigenvalue weighted by molar-refractivity contribution is -0.338. The van der Waals surface area contributed by atoms with Crippen molar-refractivity contribution in [1.29, 1.82) is 0 Å². The van der Waals surface area contributed by atoms with Gasteiger partial charge in [0.15, 0.2) is 0 Å². The van der Waals surface area contributed by atoms with Gasteiger partial charge in [-0.1, -0.05) is 29.4 Å². The Morgan fingerprint density at radius 2 is 1.69 bits per heavy atom. The molecule has 1 aromatic carbocycles. The summed E-state index contributed by atoms with van der Waals surface area (Å²) in [5.74, 6) is -1.55. The molecule has 0 spiro atoms. The number of ketones is 1. The first-order chi connectivity index (χ1) is 18.1. The second-order valence-corrected chi connectivity index (χ2v) is 10.5. The summed E-state index contributed by atoms with van der Waals surface area (Å²) in [6.45, 7) is 0.845. The predicted molar refractivity (Wildman–Crippen MR) is 124 cm³/mol. The van der Waals surface area contributed by atoms with Crippen LogP contribution >= 0.6 is 0 Å². The number of halogens is 6. The summed E-state index contributed by atoms with van der Waals surface area (Å²) in [6, 6.07) is 5.48. The molecule has 3 saturated carbocycles. The normalized spacial score (nSPS) is 23.2. The highest BCUT2D eigenvalue weighted by Crippen LogP contribution is 2.78. The molecule has 8 nitrogen and oxygen atoms in total. The summed E-state index contributed by atoms with van der Waals surface area (Å²) in [6.07, 6.45) is -9.10. The first-order valence-corrected chi connectivity index (χ1v) is 11.9. The number of carbonyl (C=O) groups excluding carboxylic acids is 2. The number of benzene rings is 1. The van der Waals surface area contributed by atoms with Crippen molar-refractivity contribution in [2.24, 2.45) is 11.1 Å². The van der Waals surface area contributed by atoms with Crippen LogP contribution in [-0.2, 0) is 23.1 Å². The van der Waals surface area contributed by atoms with Crippen LogP contribution in [0, 0.1) is 5.41 Å². The molecule has 3 fully saturated rings. The Kier molecular flexibility index (Phi) is 5.89. The van der Waals surface area contributed by atoms with Crippen molar-refractivity contribution in [2.45, 2.75) is 62.8 Å². The van der Waals surface area contributed by atoms with Gasteiger partial charge in [0.1, 0.15) is 34.7 Å². The number of rotatable bonds is 8. The molecule has 3 aliphatic carbocycles. The van der Waals surface area contributed by atoms with Gasteiger partial charge in [0.05, 0.1) is 17.5 Å². The number of Topliss-reactive ketones (excluding diaryl/α,β-unsaturated/α-hetero) is 1. The van der Waals surface area contributed by atoms with Gasteiger partial charge >= 0.3 is 12.4 Å². The van der Waals surface area contributed by atoms with Crippen LogP contribution in [0.15, 0.2) is 34.9 Å². The molecule has 1 unspecified atom stereocenters. The minimum atomic E-state index is -4.66. The Labute approximate surface area is 217 Å². The van der Waals surface area contributed by atoms with E-state index in [-0.39, 0.29) is 60.5 Å². The van der Waals surface area contributed by atoms with Crippen LogP contribution in [0.2, 0.25) is 0 Å². The standard InChI is InChI=1S/C25H23F6N5O3/c1-12(24(26,27)28)36-20(32)18(21(33)38)19(34-36)14-4-2-13(3-5-14)6-15(37)7-16-8-17(35-39-16)22-9-23(10-22,11-22)25(29,30)31/h2-5,8,12H,6-7,9-11,32H2,1H3,(H2,33,38). The van der Waals surface area contributed by atoms with Crippen molar-refractivity contribution in [1.82, 2.24) is 14.9 Å². The minimum Gasteiger partial charge on any atom is -0.383 e. The van der Waals surface area contributed by atoms with E-state index in [0.717, 1.165) is 6.92 Å². The first-order valence-electron chi connectivity index (χ1n) is 11.9. The number of nitrogens with two attached hydrogens (primary N) is 2. The van der Waals surface area contributed by atoms with E-state index < -0.39 is 40.9 Å². The highest BCUT2D eigenvalue weighted by atomic mass is 19.4. The predicted octanol–water partition coefficient (Wildman–Crippen LogP) is 4.68. The third-order valence-corrected chi connectivity index (χ3v) is 7.77. The van der Waals surface area contributed by atoms with Gasteiger partial charge in [-0.05, 0) is 31.7 Å². The summed E-state index contributed by atoms with van der Waals surface area (Å²) in [5.41, 5.74) is 9.67. The van der Waals surface area contributed by atoms with Crippen molar-refractivity contribution in [3.05, 3.63) is 52.9 Å². The summed E-state index contributed by atoms with van der Waals surface area (Å²) in [7, 11) is 0. The second kappa shape index (κ2) is 8.58. The van der Waals surface area contributed by atoms with Crippen LogP contribution in [-0.4, -0.2) is 39.0 Å². The number of carbonyl (C=O) groups is 2. The molecule has 2 heterocycles. The zero-order chi connectivity index (χ0) is 28.5. The van der Waals surface area contributed by atoms with Crippen molar-refractivity contribution < 1.29 is 40.5 Å². The van der Waals surface area contributed by atoms with Crippen LogP contribution in [0.25, 0.3) is 11.3 Å². The number of anilines is 1. The van der Waals surface area contributed by atoms with E-state index in [9.17, 15) is 35.9 Å². The molecule has 4 N–H and O–H groups in total. The topological polar surface area (TPSA) is 130 Å². The zero-order valence-electron chi connectivity index (χ0n) is 20.5. The third-order valence-electron chi connectivity index (χ3n) is 7.77. The molecule has 2 aromatic heterocycles. The summed E-state index contributed by atoms with van der Waals surface area (Å²) in [4.78, 5) is 24.5. The fraction of sp³-hybridized carbons (Fsp3) is 0.440. The summed E-state index contributed by atoms with van der Waals surface area (Å²) >= 11 is 0.